The van der Waals surface area contributed by atoms with Crippen LogP contribution in [0.25, 0.3) is 0 Å². The van der Waals surface area contributed by atoms with E-state index in [1.165, 1.54) is 24.1 Å². The summed E-state index contributed by atoms with van der Waals surface area (Å²) in [6.07, 6.45) is 0.184. The van der Waals surface area contributed by atoms with E-state index < -0.39 is 5.97 Å². The van der Waals surface area contributed by atoms with Gasteiger partial charge in [-0.1, -0.05) is 0 Å². The predicted octanol–water partition coefficient (Wildman–Crippen LogP) is 1.25. The quantitative estimate of drug-likeness (QED) is 0.839. The third-order valence-corrected chi connectivity index (χ3v) is 2.49. The number of carboxylic acid groups (broad SMARTS) is 1. The van der Waals surface area contributed by atoms with Crippen LogP contribution in [0.5, 0.6) is 11.5 Å². The first-order chi connectivity index (χ1) is 8.95. The van der Waals surface area contributed by atoms with E-state index in [4.69, 9.17) is 14.6 Å². The van der Waals surface area contributed by atoms with Gasteiger partial charge in [0.2, 0.25) is 5.91 Å². The summed E-state index contributed by atoms with van der Waals surface area (Å²) in [6, 6.07) is 4.44. The molecule has 1 amide bonds. The molecule has 0 radical (unpaired) electrons. The number of rotatable bonds is 6. The lowest BCUT2D eigenvalue weighted by Gasteiger charge is -2.12. The topological polar surface area (TPSA) is 76.1 Å². The molecule has 1 N–H and O–H groups in total. The Morgan fingerprint density at radius 2 is 2.00 bits per heavy atom. The van der Waals surface area contributed by atoms with Gasteiger partial charge in [-0.05, 0) is 12.1 Å². The van der Waals surface area contributed by atoms with Crippen molar-refractivity contribution in [1.82, 2.24) is 4.90 Å². The van der Waals surface area contributed by atoms with Crippen LogP contribution < -0.4 is 9.47 Å². The largest absolute Gasteiger partial charge is 0.497 e. The molecule has 1 rings (SSSR count). The number of benzene rings is 1. The number of carbonyl (C=O) groups is 2. The number of hydrogen-bond donors (Lipinski definition) is 1. The van der Waals surface area contributed by atoms with Gasteiger partial charge in [0, 0.05) is 20.2 Å². The van der Waals surface area contributed by atoms with E-state index in [0.29, 0.717) is 5.75 Å². The van der Waals surface area contributed by atoms with Gasteiger partial charge < -0.3 is 19.5 Å². The molecule has 0 spiro atoms. The summed E-state index contributed by atoms with van der Waals surface area (Å²) in [7, 11) is 4.78. The van der Waals surface area contributed by atoms with Crippen LogP contribution in [0.3, 0.4) is 0 Å². The van der Waals surface area contributed by atoms with Crippen LogP contribution in [-0.2, 0) is 4.79 Å². The first kappa shape index (κ1) is 14.8. The number of nitrogens with zero attached hydrogens (tertiary/aromatic N) is 1. The molecule has 6 nitrogen and oxygen atoms in total. The maximum Gasteiger partial charge on any atom is 0.339 e. The molecule has 0 fully saturated rings. The zero-order chi connectivity index (χ0) is 14.4. The first-order valence-corrected chi connectivity index (χ1v) is 5.70. The third kappa shape index (κ3) is 4.17. The number of aromatic carboxylic acids is 1. The molecule has 0 aliphatic heterocycles. The summed E-state index contributed by atoms with van der Waals surface area (Å²) in [4.78, 5) is 23.9. The molecular weight excluding hydrogens is 250 g/mol. The van der Waals surface area contributed by atoms with Crippen molar-refractivity contribution >= 4 is 11.9 Å². The Kier molecular flexibility index (Phi) is 5.17. The van der Waals surface area contributed by atoms with Gasteiger partial charge in [-0.3, -0.25) is 4.79 Å². The van der Waals surface area contributed by atoms with E-state index in [1.807, 2.05) is 0 Å². The SMILES string of the molecule is COc1ccc(C(=O)O)c(OCCC(=O)N(C)C)c1. The molecule has 6 heteroatoms. The standard InChI is InChI=1S/C13H17NO5/c1-14(2)12(15)6-7-19-11-8-9(18-3)4-5-10(11)13(16)17/h4-5,8H,6-7H2,1-3H3,(H,16,17). The van der Waals surface area contributed by atoms with Gasteiger partial charge in [-0.2, -0.15) is 0 Å². The van der Waals surface area contributed by atoms with Crippen molar-refractivity contribution in [3.05, 3.63) is 23.8 Å². The van der Waals surface area contributed by atoms with E-state index in [2.05, 4.69) is 0 Å². The van der Waals surface area contributed by atoms with Crippen LogP contribution in [-0.4, -0.2) is 49.7 Å². The normalized spacial score (nSPS) is 9.84. The van der Waals surface area contributed by atoms with Crippen LogP contribution in [0, 0.1) is 0 Å². The minimum Gasteiger partial charge on any atom is -0.497 e. The summed E-state index contributed by atoms with van der Waals surface area (Å²) in [5.74, 6) is -0.478. The molecule has 0 aliphatic rings. The van der Waals surface area contributed by atoms with Crippen molar-refractivity contribution in [2.24, 2.45) is 0 Å². The second-order valence-corrected chi connectivity index (χ2v) is 4.05. The summed E-state index contributed by atoms with van der Waals surface area (Å²) >= 11 is 0. The van der Waals surface area contributed by atoms with E-state index in [-0.39, 0.29) is 30.2 Å². The second-order valence-electron chi connectivity index (χ2n) is 4.05. The van der Waals surface area contributed by atoms with Crippen LogP contribution >= 0.6 is 0 Å². The van der Waals surface area contributed by atoms with Gasteiger partial charge in [0.25, 0.3) is 0 Å². The highest BCUT2D eigenvalue weighted by atomic mass is 16.5. The van der Waals surface area contributed by atoms with E-state index >= 15 is 0 Å². The maximum atomic E-state index is 11.4. The number of carbonyl (C=O) groups excluding carboxylic acids is 1. The van der Waals surface area contributed by atoms with Crippen molar-refractivity contribution in [1.29, 1.82) is 0 Å². The van der Waals surface area contributed by atoms with Crippen molar-refractivity contribution < 1.29 is 24.2 Å². The number of amides is 1. The van der Waals surface area contributed by atoms with Crippen LogP contribution in [0.4, 0.5) is 0 Å². The van der Waals surface area contributed by atoms with E-state index in [1.54, 1.807) is 20.2 Å². The second kappa shape index (κ2) is 6.63. The van der Waals surface area contributed by atoms with E-state index in [0.717, 1.165) is 0 Å². The zero-order valence-corrected chi connectivity index (χ0v) is 11.2. The van der Waals surface area contributed by atoms with Crippen molar-refractivity contribution in [2.75, 3.05) is 27.8 Å². The Labute approximate surface area is 111 Å². The lowest BCUT2D eigenvalue weighted by Crippen LogP contribution is -2.23. The molecule has 0 atom stereocenters. The van der Waals surface area contributed by atoms with Gasteiger partial charge in [-0.15, -0.1) is 0 Å². The molecule has 0 aromatic heterocycles. The summed E-state index contributed by atoms with van der Waals surface area (Å²) in [5, 5.41) is 9.03. The summed E-state index contributed by atoms with van der Waals surface area (Å²) in [6.45, 7) is 0.116. The predicted molar refractivity (Wildman–Crippen MR) is 68.8 cm³/mol. The Bertz CT molecular complexity index is 470. The summed E-state index contributed by atoms with van der Waals surface area (Å²) < 4.78 is 10.4. The van der Waals surface area contributed by atoms with Gasteiger partial charge in [0.1, 0.15) is 17.1 Å². The fourth-order valence-corrected chi connectivity index (χ4v) is 1.40. The number of ether oxygens (including phenoxy) is 2. The fraction of sp³-hybridized carbons (Fsp3) is 0.385. The lowest BCUT2D eigenvalue weighted by molar-refractivity contribution is -0.129. The van der Waals surface area contributed by atoms with Crippen LogP contribution in [0.2, 0.25) is 0 Å². The van der Waals surface area contributed by atoms with Gasteiger partial charge in [-0.25, -0.2) is 4.79 Å². The zero-order valence-electron chi connectivity index (χ0n) is 11.2. The maximum absolute atomic E-state index is 11.4. The van der Waals surface area contributed by atoms with Crippen LogP contribution in [0.1, 0.15) is 16.8 Å². The highest BCUT2D eigenvalue weighted by molar-refractivity contribution is 5.91. The molecule has 104 valence electrons. The highest BCUT2D eigenvalue weighted by Gasteiger charge is 2.13. The Morgan fingerprint density at radius 1 is 1.32 bits per heavy atom. The lowest BCUT2D eigenvalue weighted by atomic mass is 10.2. The molecule has 0 aliphatic carbocycles. The highest BCUT2D eigenvalue weighted by Crippen LogP contribution is 2.25. The third-order valence-electron chi connectivity index (χ3n) is 2.49. The Hall–Kier alpha value is -2.24. The Morgan fingerprint density at radius 3 is 2.53 bits per heavy atom. The fourth-order valence-electron chi connectivity index (χ4n) is 1.40. The smallest absolute Gasteiger partial charge is 0.339 e. The van der Waals surface area contributed by atoms with Crippen molar-refractivity contribution in [3.8, 4) is 11.5 Å². The van der Waals surface area contributed by atoms with Gasteiger partial charge in [0.15, 0.2) is 0 Å². The summed E-state index contributed by atoms with van der Waals surface area (Å²) in [5.41, 5.74) is 0.0399. The number of hydrogen-bond acceptors (Lipinski definition) is 4. The Balaban J connectivity index is 2.75. The molecule has 19 heavy (non-hydrogen) atoms. The molecule has 0 saturated carbocycles. The number of carboxylic acids is 1. The first-order valence-electron chi connectivity index (χ1n) is 5.70. The monoisotopic (exact) mass is 267 g/mol. The average Bonchev–Trinajstić information content (AvgIpc) is 2.37. The molecule has 1 aromatic carbocycles. The van der Waals surface area contributed by atoms with E-state index in [9.17, 15) is 9.59 Å². The van der Waals surface area contributed by atoms with Crippen LogP contribution in [0.15, 0.2) is 18.2 Å². The van der Waals surface area contributed by atoms with Gasteiger partial charge in [0.05, 0.1) is 20.1 Å². The van der Waals surface area contributed by atoms with Crippen molar-refractivity contribution in [3.63, 3.8) is 0 Å². The molecule has 0 unspecified atom stereocenters. The number of methoxy groups -OCH3 is 1. The molecule has 1 aromatic rings. The molecule has 0 bridgehead atoms. The molecule has 0 saturated heterocycles. The minimum atomic E-state index is -1.09. The average molecular weight is 267 g/mol. The molecular formula is C13H17NO5. The van der Waals surface area contributed by atoms with Crippen molar-refractivity contribution in [2.45, 2.75) is 6.42 Å². The minimum absolute atomic E-state index is 0.0399. The molecule has 0 heterocycles. The van der Waals surface area contributed by atoms with Gasteiger partial charge >= 0.3 is 5.97 Å².